The molecule has 0 radical (unpaired) electrons. The maximum Gasteiger partial charge on any atom is 0.253 e. The summed E-state index contributed by atoms with van der Waals surface area (Å²) in [6, 6.07) is 0. The Balaban J connectivity index is 0.000000626. The number of amides is 2. The number of imide groups is 1. The van der Waals surface area contributed by atoms with E-state index in [0.29, 0.717) is 6.42 Å². The number of rotatable bonds is 8. The lowest BCUT2D eigenvalue weighted by atomic mass is 10.1. The van der Waals surface area contributed by atoms with Crippen LogP contribution in [0.3, 0.4) is 0 Å². The minimum absolute atomic E-state index is 0.0517. The van der Waals surface area contributed by atoms with Gasteiger partial charge in [0.1, 0.15) is 0 Å². The van der Waals surface area contributed by atoms with Gasteiger partial charge in [-0.2, -0.15) is 0 Å². The maximum absolute atomic E-state index is 11.2. The third kappa shape index (κ3) is 8.92. The quantitative estimate of drug-likeness (QED) is 0.654. The molecular formula is C16H30N2O4. The van der Waals surface area contributed by atoms with Crippen molar-refractivity contribution in [2.45, 2.75) is 46.1 Å². The Kier molecular flexibility index (Phi) is 9.89. The fraction of sp³-hybridized carbons (Fsp3) is 0.750. The van der Waals surface area contributed by atoms with Gasteiger partial charge in [0, 0.05) is 18.8 Å². The number of aliphatic hydroxyl groups is 1. The number of ether oxygens (including phenoxy) is 1. The van der Waals surface area contributed by atoms with Crippen molar-refractivity contribution < 1.29 is 19.4 Å². The van der Waals surface area contributed by atoms with E-state index in [1.54, 1.807) is 0 Å². The number of hydrogen-bond donors (Lipinski definition) is 2. The first-order chi connectivity index (χ1) is 10.2. The van der Waals surface area contributed by atoms with Gasteiger partial charge in [-0.3, -0.25) is 14.5 Å². The third-order valence-corrected chi connectivity index (χ3v) is 3.17. The normalized spacial score (nSPS) is 14.6. The molecule has 0 aromatic heterocycles. The van der Waals surface area contributed by atoms with Gasteiger partial charge in [-0.05, 0) is 39.2 Å². The van der Waals surface area contributed by atoms with Crippen molar-refractivity contribution in [1.29, 1.82) is 0 Å². The molecular weight excluding hydrogens is 284 g/mol. The van der Waals surface area contributed by atoms with Gasteiger partial charge in [-0.1, -0.05) is 13.8 Å². The summed E-state index contributed by atoms with van der Waals surface area (Å²) in [7, 11) is 0. The summed E-state index contributed by atoms with van der Waals surface area (Å²) < 4.78 is 5.49. The summed E-state index contributed by atoms with van der Waals surface area (Å²) in [4.78, 5) is 23.5. The summed E-state index contributed by atoms with van der Waals surface area (Å²) in [5, 5.41) is 8.79. The number of carbonyl (C=O) groups excluding carboxylic acids is 2. The number of carbonyl (C=O) groups is 2. The number of hydrogen-bond acceptors (Lipinski definition) is 5. The van der Waals surface area contributed by atoms with E-state index >= 15 is 0 Å². The van der Waals surface area contributed by atoms with Crippen molar-refractivity contribution in [1.82, 2.24) is 4.90 Å². The molecule has 0 atom stereocenters. The Labute approximate surface area is 133 Å². The molecule has 0 unspecified atom stereocenters. The molecule has 0 spiro atoms. The maximum atomic E-state index is 11.2. The van der Waals surface area contributed by atoms with E-state index in [9.17, 15) is 9.59 Å². The van der Waals surface area contributed by atoms with Gasteiger partial charge in [-0.25, -0.2) is 0 Å². The second-order valence-corrected chi connectivity index (χ2v) is 6.21. The Bertz CT molecular complexity index is 360. The minimum atomic E-state index is -0.437. The fourth-order valence-corrected chi connectivity index (χ4v) is 1.74. The molecule has 0 bridgehead atoms. The average Bonchev–Trinajstić information content (AvgIpc) is 2.70. The van der Waals surface area contributed by atoms with E-state index < -0.39 is 5.60 Å². The first-order valence-electron chi connectivity index (χ1n) is 7.72. The molecule has 1 rings (SSSR count). The van der Waals surface area contributed by atoms with Gasteiger partial charge in [-0.15, -0.1) is 0 Å². The minimum Gasteiger partial charge on any atom is -0.396 e. The van der Waals surface area contributed by atoms with Crippen LogP contribution in [0, 0.1) is 5.92 Å². The average molecular weight is 314 g/mol. The molecule has 22 heavy (non-hydrogen) atoms. The zero-order valence-corrected chi connectivity index (χ0v) is 14.2. The van der Waals surface area contributed by atoms with Crippen molar-refractivity contribution >= 4 is 11.8 Å². The highest BCUT2D eigenvalue weighted by Gasteiger charge is 2.24. The highest BCUT2D eigenvalue weighted by molar-refractivity contribution is 6.12. The summed E-state index contributed by atoms with van der Waals surface area (Å²) in [5.74, 6) is 0.178. The second-order valence-electron chi connectivity index (χ2n) is 6.21. The van der Waals surface area contributed by atoms with Crippen LogP contribution in [0.4, 0.5) is 0 Å². The van der Waals surface area contributed by atoms with Gasteiger partial charge >= 0.3 is 0 Å². The van der Waals surface area contributed by atoms with Crippen LogP contribution in [0.2, 0.25) is 0 Å². The van der Waals surface area contributed by atoms with E-state index in [0.717, 1.165) is 23.8 Å². The number of nitrogens with zero attached hydrogens (tertiary/aromatic N) is 1. The van der Waals surface area contributed by atoms with Gasteiger partial charge < -0.3 is 15.6 Å². The van der Waals surface area contributed by atoms with E-state index in [1.165, 1.54) is 12.2 Å². The fourth-order valence-electron chi connectivity index (χ4n) is 1.74. The van der Waals surface area contributed by atoms with Crippen LogP contribution in [-0.4, -0.2) is 53.7 Å². The largest absolute Gasteiger partial charge is 0.396 e. The topological polar surface area (TPSA) is 92.9 Å². The summed E-state index contributed by atoms with van der Waals surface area (Å²) in [5.41, 5.74) is 4.79. The lowest BCUT2D eigenvalue weighted by Crippen LogP contribution is -2.36. The molecule has 2 amide bonds. The Morgan fingerprint density at radius 2 is 1.82 bits per heavy atom. The van der Waals surface area contributed by atoms with Crippen molar-refractivity contribution in [3.63, 3.8) is 0 Å². The van der Waals surface area contributed by atoms with Crippen LogP contribution < -0.4 is 5.73 Å². The molecule has 0 saturated carbocycles. The first kappa shape index (κ1) is 20.8. The first-order valence-corrected chi connectivity index (χ1v) is 7.72. The van der Waals surface area contributed by atoms with Gasteiger partial charge in [0.2, 0.25) is 0 Å². The zero-order valence-electron chi connectivity index (χ0n) is 14.2. The molecule has 1 aliphatic heterocycles. The molecule has 6 heteroatoms. The van der Waals surface area contributed by atoms with Crippen molar-refractivity contribution in [3.05, 3.63) is 12.2 Å². The van der Waals surface area contributed by atoms with Crippen LogP contribution in [-0.2, 0) is 14.3 Å². The standard InChI is InChI=1S/C11H17NO4.C5H13N/c1-11(2,5-7-13)16-8-6-12-9(14)3-4-10(12)15;1-5(2)3-4-6/h3-4,13H,5-8H2,1-2H3;5H,3-4,6H2,1-2H3. The molecule has 128 valence electrons. The summed E-state index contributed by atoms with van der Waals surface area (Å²) in [6.45, 7) is 9.48. The Morgan fingerprint density at radius 1 is 1.27 bits per heavy atom. The van der Waals surface area contributed by atoms with Crippen molar-refractivity contribution in [3.8, 4) is 0 Å². The van der Waals surface area contributed by atoms with Gasteiger partial charge in [0.05, 0.1) is 18.8 Å². The monoisotopic (exact) mass is 314 g/mol. The molecule has 0 aromatic carbocycles. The van der Waals surface area contributed by atoms with Crippen LogP contribution in [0.5, 0.6) is 0 Å². The highest BCUT2D eigenvalue weighted by Crippen LogP contribution is 2.14. The Hall–Kier alpha value is -1.24. The summed E-state index contributed by atoms with van der Waals surface area (Å²) in [6.07, 6.45) is 4.18. The lowest BCUT2D eigenvalue weighted by Gasteiger charge is -2.25. The molecule has 0 fully saturated rings. The number of nitrogens with two attached hydrogens (primary N) is 1. The van der Waals surface area contributed by atoms with Crippen LogP contribution in [0.1, 0.15) is 40.5 Å². The summed E-state index contributed by atoms with van der Waals surface area (Å²) >= 11 is 0. The zero-order chi connectivity index (χ0) is 17.2. The molecule has 0 saturated heterocycles. The van der Waals surface area contributed by atoms with Crippen molar-refractivity contribution in [2.24, 2.45) is 11.7 Å². The van der Waals surface area contributed by atoms with Crippen LogP contribution >= 0.6 is 0 Å². The molecule has 1 heterocycles. The van der Waals surface area contributed by atoms with E-state index in [1.807, 2.05) is 13.8 Å². The smallest absolute Gasteiger partial charge is 0.253 e. The SMILES string of the molecule is CC(C)(CCO)OCCN1C(=O)C=CC1=O.CC(C)CCN. The predicted molar refractivity (Wildman–Crippen MR) is 86.1 cm³/mol. The molecule has 3 N–H and O–H groups in total. The third-order valence-electron chi connectivity index (χ3n) is 3.17. The van der Waals surface area contributed by atoms with E-state index in [4.69, 9.17) is 15.6 Å². The van der Waals surface area contributed by atoms with Gasteiger partial charge in [0.25, 0.3) is 11.8 Å². The van der Waals surface area contributed by atoms with Crippen LogP contribution in [0.15, 0.2) is 12.2 Å². The van der Waals surface area contributed by atoms with Crippen molar-refractivity contribution in [2.75, 3.05) is 26.3 Å². The Morgan fingerprint density at radius 3 is 2.18 bits per heavy atom. The molecule has 0 aromatic rings. The van der Waals surface area contributed by atoms with Crippen LogP contribution in [0.25, 0.3) is 0 Å². The second kappa shape index (κ2) is 10.5. The lowest BCUT2D eigenvalue weighted by molar-refractivity contribution is -0.139. The van der Waals surface area contributed by atoms with E-state index in [2.05, 4.69) is 13.8 Å². The molecule has 6 nitrogen and oxygen atoms in total. The molecule has 1 aliphatic rings. The number of aliphatic hydroxyl groups excluding tert-OH is 1. The van der Waals surface area contributed by atoms with Gasteiger partial charge in [0.15, 0.2) is 0 Å². The highest BCUT2D eigenvalue weighted by atomic mass is 16.5. The predicted octanol–water partition coefficient (Wildman–Crippen LogP) is 1.08. The molecule has 0 aliphatic carbocycles. The van der Waals surface area contributed by atoms with E-state index in [-0.39, 0.29) is 31.6 Å².